The number of hydrogen-bond acceptors (Lipinski definition) is 3. The van der Waals surface area contributed by atoms with E-state index in [1.54, 1.807) is 0 Å². The molecule has 13 heavy (non-hydrogen) atoms. The Hall–Kier alpha value is -1.45. The number of ketones is 1. The molecule has 4 nitrogen and oxygen atoms in total. The van der Waals surface area contributed by atoms with Crippen LogP contribution < -0.4 is 5.56 Å². The molecule has 70 valence electrons. The van der Waals surface area contributed by atoms with Gasteiger partial charge in [0, 0.05) is 18.7 Å². The van der Waals surface area contributed by atoms with Crippen LogP contribution in [0.2, 0.25) is 0 Å². The van der Waals surface area contributed by atoms with E-state index in [1.807, 2.05) is 6.92 Å². The third-order valence-corrected chi connectivity index (χ3v) is 1.67. The normalized spacial score (nSPS) is 9.92. The Labute approximate surface area is 76.2 Å². The average molecular weight is 180 g/mol. The number of Topliss-reactive ketones (excluding diaryl/α,β-unsaturated/α-hetero) is 1. The quantitative estimate of drug-likeness (QED) is 0.682. The van der Waals surface area contributed by atoms with Crippen molar-refractivity contribution in [2.24, 2.45) is 0 Å². The molecule has 0 fully saturated rings. The minimum atomic E-state index is -0.181. The summed E-state index contributed by atoms with van der Waals surface area (Å²) in [6, 6.07) is 1.35. The fourth-order valence-electron chi connectivity index (χ4n) is 1.05. The molecule has 0 saturated carbocycles. The standard InChI is InChI=1S/C9H12N2O2/c1-2-3-8(12)6-11-7-10-5-4-9(11)13/h4-5,7H,2-3,6H2,1H3. The SMILES string of the molecule is CCCC(=O)Cn1cnccc1=O. The van der Waals surface area contributed by atoms with Crippen molar-refractivity contribution in [2.75, 3.05) is 0 Å². The molecule has 0 aliphatic carbocycles. The van der Waals surface area contributed by atoms with Crippen LogP contribution in [0.25, 0.3) is 0 Å². The molecule has 0 amide bonds. The zero-order chi connectivity index (χ0) is 9.68. The van der Waals surface area contributed by atoms with Crippen LogP contribution >= 0.6 is 0 Å². The molecule has 0 saturated heterocycles. The maximum Gasteiger partial charge on any atom is 0.253 e. The first-order valence-electron chi connectivity index (χ1n) is 4.26. The van der Waals surface area contributed by atoms with E-state index in [-0.39, 0.29) is 17.9 Å². The maximum atomic E-state index is 11.2. The first-order valence-corrected chi connectivity index (χ1v) is 4.26. The van der Waals surface area contributed by atoms with Crippen LogP contribution in [0, 0.1) is 0 Å². The predicted octanol–water partition coefficient (Wildman–Crippen LogP) is 0.612. The van der Waals surface area contributed by atoms with Crippen molar-refractivity contribution in [2.45, 2.75) is 26.3 Å². The van der Waals surface area contributed by atoms with Gasteiger partial charge in [-0.1, -0.05) is 6.92 Å². The summed E-state index contributed by atoms with van der Waals surface area (Å²) in [6.07, 6.45) is 4.13. The Bertz CT molecular complexity index is 343. The summed E-state index contributed by atoms with van der Waals surface area (Å²) in [5, 5.41) is 0. The van der Waals surface area contributed by atoms with Crippen molar-refractivity contribution in [1.82, 2.24) is 9.55 Å². The van der Waals surface area contributed by atoms with Gasteiger partial charge in [0.1, 0.15) is 0 Å². The Morgan fingerprint density at radius 2 is 2.38 bits per heavy atom. The van der Waals surface area contributed by atoms with Gasteiger partial charge in [0.15, 0.2) is 5.78 Å². The van der Waals surface area contributed by atoms with Crippen LogP contribution in [0.15, 0.2) is 23.4 Å². The van der Waals surface area contributed by atoms with E-state index in [4.69, 9.17) is 0 Å². The number of rotatable bonds is 4. The lowest BCUT2D eigenvalue weighted by atomic mass is 10.2. The molecule has 1 heterocycles. The van der Waals surface area contributed by atoms with Crippen molar-refractivity contribution in [3.8, 4) is 0 Å². The Balaban J connectivity index is 2.69. The van der Waals surface area contributed by atoms with E-state index >= 15 is 0 Å². The van der Waals surface area contributed by atoms with Gasteiger partial charge in [-0.3, -0.25) is 14.2 Å². The van der Waals surface area contributed by atoms with Gasteiger partial charge in [0.05, 0.1) is 12.9 Å². The lowest BCUT2D eigenvalue weighted by Gasteiger charge is -2.01. The topological polar surface area (TPSA) is 52.0 Å². The fraction of sp³-hybridized carbons (Fsp3) is 0.444. The number of carbonyl (C=O) groups is 1. The third-order valence-electron chi connectivity index (χ3n) is 1.67. The molecule has 0 aromatic carbocycles. The van der Waals surface area contributed by atoms with Crippen LogP contribution in [-0.4, -0.2) is 15.3 Å². The van der Waals surface area contributed by atoms with E-state index in [9.17, 15) is 9.59 Å². The van der Waals surface area contributed by atoms with E-state index < -0.39 is 0 Å². The van der Waals surface area contributed by atoms with E-state index in [2.05, 4.69) is 4.98 Å². The molecule has 0 radical (unpaired) electrons. The monoisotopic (exact) mass is 180 g/mol. The zero-order valence-electron chi connectivity index (χ0n) is 7.56. The highest BCUT2D eigenvalue weighted by molar-refractivity contribution is 5.78. The molecule has 0 spiro atoms. The number of hydrogen-bond donors (Lipinski definition) is 0. The fourth-order valence-corrected chi connectivity index (χ4v) is 1.05. The van der Waals surface area contributed by atoms with Crippen molar-refractivity contribution in [3.05, 3.63) is 28.9 Å². The van der Waals surface area contributed by atoms with E-state index in [0.29, 0.717) is 6.42 Å². The van der Waals surface area contributed by atoms with Gasteiger partial charge < -0.3 is 0 Å². The smallest absolute Gasteiger partial charge is 0.253 e. The second-order valence-corrected chi connectivity index (χ2v) is 2.84. The molecule has 1 rings (SSSR count). The summed E-state index contributed by atoms with van der Waals surface area (Å²) in [7, 11) is 0. The zero-order valence-corrected chi connectivity index (χ0v) is 7.56. The maximum absolute atomic E-state index is 11.2. The van der Waals surface area contributed by atoms with Crippen LogP contribution in [0.1, 0.15) is 19.8 Å². The van der Waals surface area contributed by atoms with Gasteiger partial charge in [0.2, 0.25) is 0 Å². The molecule has 0 bridgehead atoms. The van der Waals surface area contributed by atoms with E-state index in [0.717, 1.165) is 6.42 Å². The van der Waals surface area contributed by atoms with Crippen molar-refractivity contribution in [1.29, 1.82) is 0 Å². The van der Waals surface area contributed by atoms with Gasteiger partial charge in [-0.15, -0.1) is 0 Å². The number of aromatic nitrogens is 2. The lowest BCUT2D eigenvalue weighted by Crippen LogP contribution is -2.23. The highest BCUT2D eigenvalue weighted by Gasteiger charge is 2.02. The first-order chi connectivity index (χ1) is 6.24. The number of nitrogens with zero attached hydrogens (tertiary/aromatic N) is 2. The third kappa shape index (κ3) is 2.82. The van der Waals surface area contributed by atoms with Crippen LogP contribution in [0.4, 0.5) is 0 Å². The largest absolute Gasteiger partial charge is 0.298 e. The second-order valence-electron chi connectivity index (χ2n) is 2.84. The summed E-state index contributed by atoms with van der Waals surface area (Å²) in [5.41, 5.74) is -0.181. The second kappa shape index (κ2) is 4.54. The summed E-state index contributed by atoms with van der Waals surface area (Å²) in [4.78, 5) is 26.1. The summed E-state index contributed by atoms with van der Waals surface area (Å²) in [5.74, 6) is 0.0672. The number of carbonyl (C=O) groups excluding carboxylic acids is 1. The molecule has 0 aliphatic rings. The molecule has 1 aromatic heterocycles. The molecular weight excluding hydrogens is 168 g/mol. The average Bonchev–Trinajstić information content (AvgIpc) is 2.09. The minimum absolute atomic E-state index is 0.0672. The molecule has 0 aliphatic heterocycles. The molecule has 0 unspecified atom stereocenters. The highest BCUT2D eigenvalue weighted by Crippen LogP contribution is 1.91. The van der Waals surface area contributed by atoms with E-state index in [1.165, 1.54) is 23.2 Å². The predicted molar refractivity (Wildman–Crippen MR) is 48.4 cm³/mol. The first kappa shape index (κ1) is 9.64. The summed E-state index contributed by atoms with van der Waals surface area (Å²) >= 11 is 0. The molecule has 1 aromatic rings. The molecular formula is C9H12N2O2. The van der Waals surface area contributed by atoms with Crippen LogP contribution in [0.3, 0.4) is 0 Å². The van der Waals surface area contributed by atoms with Crippen LogP contribution in [0.5, 0.6) is 0 Å². The van der Waals surface area contributed by atoms with Crippen molar-refractivity contribution < 1.29 is 4.79 Å². The Morgan fingerprint density at radius 1 is 1.62 bits per heavy atom. The van der Waals surface area contributed by atoms with Crippen molar-refractivity contribution in [3.63, 3.8) is 0 Å². The highest BCUT2D eigenvalue weighted by atomic mass is 16.1. The van der Waals surface area contributed by atoms with Gasteiger partial charge in [-0.05, 0) is 6.42 Å². The summed E-state index contributed by atoms with van der Waals surface area (Å²) < 4.78 is 1.32. The van der Waals surface area contributed by atoms with Gasteiger partial charge in [-0.2, -0.15) is 0 Å². The van der Waals surface area contributed by atoms with Gasteiger partial charge in [0.25, 0.3) is 5.56 Å². The van der Waals surface area contributed by atoms with Gasteiger partial charge >= 0.3 is 0 Å². The Morgan fingerprint density at radius 3 is 3.00 bits per heavy atom. The lowest BCUT2D eigenvalue weighted by molar-refractivity contribution is -0.119. The molecule has 0 atom stereocenters. The van der Waals surface area contributed by atoms with Gasteiger partial charge in [-0.25, -0.2) is 4.98 Å². The molecule has 0 N–H and O–H groups in total. The van der Waals surface area contributed by atoms with Crippen molar-refractivity contribution >= 4 is 5.78 Å². The minimum Gasteiger partial charge on any atom is -0.298 e. The molecule has 4 heteroatoms. The van der Waals surface area contributed by atoms with Crippen LogP contribution in [-0.2, 0) is 11.3 Å². The summed E-state index contributed by atoms with van der Waals surface area (Å²) in [6.45, 7) is 2.07. The Kier molecular flexibility index (Phi) is 3.37.